The third kappa shape index (κ3) is 2.64. The lowest BCUT2D eigenvalue weighted by molar-refractivity contribution is 0.499. The number of aryl methyl sites for hydroxylation is 2. The van der Waals surface area contributed by atoms with E-state index in [9.17, 15) is 8.78 Å². The van der Waals surface area contributed by atoms with E-state index in [4.69, 9.17) is 9.68 Å². The first kappa shape index (κ1) is 14.1. The number of nitrogens with one attached hydrogen (secondary N) is 1. The molecule has 0 saturated carbocycles. The van der Waals surface area contributed by atoms with Crippen LogP contribution in [0.2, 0.25) is 0 Å². The highest BCUT2D eigenvalue weighted by Gasteiger charge is 2.17. The second kappa shape index (κ2) is 5.33. The molecular weight excluding hydrogens is 262 g/mol. The topological polar surface area (TPSA) is 49.0 Å². The van der Waals surface area contributed by atoms with Gasteiger partial charge in [0.05, 0.1) is 17.7 Å². The van der Waals surface area contributed by atoms with Gasteiger partial charge in [-0.05, 0) is 39.0 Å². The number of furan rings is 1. The Hall–Kier alpha value is -2.35. The van der Waals surface area contributed by atoms with Crippen molar-refractivity contribution in [3.05, 3.63) is 52.5 Å². The molecule has 104 valence electrons. The Balaban J connectivity index is 2.31. The number of nitrogens with zero attached hydrogens (tertiary/aromatic N) is 1. The van der Waals surface area contributed by atoms with Crippen LogP contribution in [-0.4, -0.2) is 0 Å². The number of benzene rings is 1. The molecule has 0 aliphatic heterocycles. The summed E-state index contributed by atoms with van der Waals surface area (Å²) >= 11 is 0. The molecule has 3 nitrogen and oxygen atoms in total. The summed E-state index contributed by atoms with van der Waals surface area (Å²) in [4.78, 5) is 0. The van der Waals surface area contributed by atoms with Crippen molar-refractivity contribution in [2.24, 2.45) is 0 Å². The van der Waals surface area contributed by atoms with E-state index in [2.05, 4.69) is 5.32 Å². The van der Waals surface area contributed by atoms with Gasteiger partial charge in [-0.25, -0.2) is 8.78 Å². The van der Waals surface area contributed by atoms with Gasteiger partial charge in [-0.3, -0.25) is 0 Å². The number of nitriles is 1. The molecule has 0 radical (unpaired) electrons. The van der Waals surface area contributed by atoms with Gasteiger partial charge in [0, 0.05) is 5.56 Å². The van der Waals surface area contributed by atoms with E-state index in [0.717, 1.165) is 23.5 Å². The van der Waals surface area contributed by atoms with Gasteiger partial charge in [0.2, 0.25) is 0 Å². The minimum atomic E-state index is -0.786. The number of hydrogen-bond acceptors (Lipinski definition) is 3. The summed E-state index contributed by atoms with van der Waals surface area (Å²) in [5.74, 6) is -0.124. The van der Waals surface area contributed by atoms with Crippen molar-refractivity contribution in [3.8, 4) is 6.07 Å². The van der Waals surface area contributed by atoms with E-state index in [0.29, 0.717) is 5.76 Å². The van der Waals surface area contributed by atoms with Gasteiger partial charge in [-0.1, -0.05) is 0 Å². The normalized spacial score (nSPS) is 12.0. The summed E-state index contributed by atoms with van der Waals surface area (Å²) in [6.07, 6.45) is 0. The molecule has 1 aromatic carbocycles. The van der Waals surface area contributed by atoms with Gasteiger partial charge in [0.15, 0.2) is 11.6 Å². The van der Waals surface area contributed by atoms with Gasteiger partial charge in [-0.2, -0.15) is 5.26 Å². The van der Waals surface area contributed by atoms with Gasteiger partial charge < -0.3 is 9.73 Å². The second-order valence-electron chi connectivity index (χ2n) is 4.66. The fourth-order valence-corrected chi connectivity index (χ4v) is 2.15. The summed E-state index contributed by atoms with van der Waals surface area (Å²) < 4.78 is 33.0. The minimum absolute atomic E-state index is 0.0476. The van der Waals surface area contributed by atoms with Crippen molar-refractivity contribution in [2.45, 2.75) is 26.8 Å². The molecular formula is C15H14F2N2O. The standard InChI is InChI=1S/C15H14F2N2O/c1-8-4-12(10(3)20-8)9(2)19-15-13(16)5-11(7-18)6-14(15)17/h4-6,9,19H,1-3H3. The molecule has 1 unspecified atom stereocenters. The number of rotatable bonds is 3. The average Bonchev–Trinajstić information content (AvgIpc) is 2.72. The van der Waals surface area contributed by atoms with Crippen LogP contribution in [-0.2, 0) is 0 Å². The summed E-state index contributed by atoms with van der Waals surface area (Å²) in [5.41, 5.74) is 0.550. The molecule has 20 heavy (non-hydrogen) atoms. The Bertz CT molecular complexity index is 663. The molecule has 2 rings (SSSR count). The van der Waals surface area contributed by atoms with Crippen LogP contribution < -0.4 is 5.32 Å². The maximum absolute atomic E-state index is 13.8. The average molecular weight is 276 g/mol. The fraction of sp³-hybridized carbons (Fsp3) is 0.267. The molecule has 0 aliphatic rings. The van der Waals surface area contributed by atoms with Crippen molar-refractivity contribution >= 4 is 5.69 Å². The van der Waals surface area contributed by atoms with Gasteiger partial charge in [0.25, 0.3) is 0 Å². The Morgan fingerprint density at radius 2 is 1.80 bits per heavy atom. The lowest BCUT2D eigenvalue weighted by Gasteiger charge is -2.16. The summed E-state index contributed by atoms with van der Waals surface area (Å²) in [7, 11) is 0. The van der Waals surface area contributed by atoms with Crippen LogP contribution in [0.4, 0.5) is 14.5 Å². The Kier molecular flexibility index (Phi) is 3.75. The molecule has 2 aromatic rings. The first-order valence-corrected chi connectivity index (χ1v) is 6.15. The second-order valence-corrected chi connectivity index (χ2v) is 4.66. The zero-order valence-corrected chi connectivity index (χ0v) is 11.4. The van der Waals surface area contributed by atoms with Crippen molar-refractivity contribution in [1.82, 2.24) is 0 Å². The van der Waals surface area contributed by atoms with Crippen LogP contribution in [0.15, 0.2) is 22.6 Å². The maximum Gasteiger partial charge on any atom is 0.150 e. The highest BCUT2D eigenvalue weighted by Crippen LogP contribution is 2.28. The van der Waals surface area contributed by atoms with E-state index >= 15 is 0 Å². The number of hydrogen-bond donors (Lipinski definition) is 1. The van der Waals surface area contributed by atoms with E-state index in [1.165, 1.54) is 0 Å². The van der Waals surface area contributed by atoms with E-state index in [1.807, 2.05) is 13.0 Å². The summed E-state index contributed by atoms with van der Waals surface area (Å²) in [6.45, 7) is 5.40. The Labute approximate surface area is 115 Å². The molecule has 1 heterocycles. The molecule has 1 atom stereocenters. The quantitative estimate of drug-likeness (QED) is 0.913. The van der Waals surface area contributed by atoms with Gasteiger partial charge in [-0.15, -0.1) is 0 Å². The monoisotopic (exact) mass is 276 g/mol. The summed E-state index contributed by atoms with van der Waals surface area (Å²) in [5, 5.41) is 11.4. The lowest BCUT2D eigenvalue weighted by atomic mass is 10.1. The Morgan fingerprint density at radius 1 is 1.20 bits per heavy atom. The lowest BCUT2D eigenvalue weighted by Crippen LogP contribution is -2.10. The van der Waals surface area contributed by atoms with Crippen LogP contribution in [0.3, 0.4) is 0 Å². The van der Waals surface area contributed by atoms with Crippen molar-refractivity contribution in [3.63, 3.8) is 0 Å². The van der Waals surface area contributed by atoms with Crippen LogP contribution >= 0.6 is 0 Å². The predicted octanol–water partition coefficient (Wildman–Crippen LogP) is 4.22. The highest BCUT2D eigenvalue weighted by atomic mass is 19.1. The van der Waals surface area contributed by atoms with Crippen molar-refractivity contribution in [2.75, 3.05) is 5.32 Å². The van der Waals surface area contributed by atoms with E-state index in [-0.39, 0.29) is 17.3 Å². The molecule has 1 aromatic heterocycles. The summed E-state index contributed by atoms with van der Waals surface area (Å²) in [6, 6.07) is 5.23. The van der Waals surface area contributed by atoms with Crippen molar-refractivity contribution < 1.29 is 13.2 Å². The third-order valence-corrected chi connectivity index (χ3v) is 3.08. The number of anilines is 1. The third-order valence-electron chi connectivity index (χ3n) is 3.08. The fourth-order valence-electron chi connectivity index (χ4n) is 2.15. The van der Waals surface area contributed by atoms with Crippen LogP contribution in [0.5, 0.6) is 0 Å². The number of halogens is 2. The largest absolute Gasteiger partial charge is 0.466 e. The maximum atomic E-state index is 13.8. The highest BCUT2D eigenvalue weighted by molar-refractivity contribution is 5.52. The molecule has 5 heteroatoms. The predicted molar refractivity (Wildman–Crippen MR) is 71.3 cm³/mol. The zero-order valence-electron chi connectivity index (χ0n) is 11.4. The Morgan fingerprint density at radius 3 is 2.25 bits per heavy atom. The smallest absolute Gasteiger partial charge is 0.150 e. The van der Waals surface area contributed by atoms with Crippen LogP contribution in [0.1, 0.15) is 35.6 Å². The molecule has 0 aliphatic carbocycles. The molecule has 0 fully saturated rings. The molecule has 1 N–H and O–H groups in total. The van der Waals surface area contributed by atoms with Crippen LogP contribution in [0.25, 0.3) is 0 Å². The van der Waals surface area contributed by atoms with Crippen LogP contribution in [0, 0.1) is 36.8 Å². The molecule has 0 spiro atoms. The van der Waals surface area contributed by atoms with Gasteiger partial charge in [0.1, 0.15) is 17.2 Å². The van der Waals surface area contributed by atoms with E-state index < -0.39 is 11.6 Å². The zero-order chi connectivity index (χ0) is 14.9. The van der Waals surface area contributed by atoms with E-state index in [1.54, 1.807) is 19.9 Å². The minimum Gasteiger partial charge on any atom is -0.466 e. The molecule has 0 bridgehead atoms. The van der Waals surface area contributed by atoms with Gasteiger partial charge >= 0.3 is 0 Å². The first-order valence-electron chi connectivity index (χ1n) is 6.15. The van der Waals surface area contributed by atoms with Crippen molar-refractivity contribution in [1.29, 1.82) is 5.26 Å². The first-order chi connectivity index (χ1) is 9.42. The SMILES string of the molecule is Cc1cc(C(C)Nc2c(F)cc(C#N)cc2F)c(C)o1. The molecule has 0 saturated heterocycles. The molecule has 0 amide bonds.